The summed E-state index contributed by atoms with van der Waals surface area (Å²) < 4.78 is 92.1. The van der Waals surface area contributed by atoms with Crippen LogP contribution in [0.3, 0.4) is 0 Å². The van der Waals surface area contributed by atoms with Crippen LogP contribution in [0, 0.1) is 5.82 Å². The van der Waals surface area contributed by atoms with Gasteiger partial charge in [-0.25, -0.2) is 35.9 Å². The van der Waals surface area contributed by atoms with E-state index in [0.717, 1.165) is 25.3 Å². The highest BCUT2D eigenvalue weighted by Gasteiger charge is 2.36. The molecule has 0 saturated heterocycles. The van der Waals surface area contributed by atoms with Gasteiger partial charge in [0.1, 0.15) is 17.3 Å². The average Bonchev–Trinajstić information content (AvgIpc) is 3.09. The van der Waals surface area contributed by atoms with Gasteiger partial charge in [0.2, 0.25) is 15.3 Å². The molecule has 0 radical (unpaired) electrons. The van der Waals surface area contributed by atoms with E-state index in [1.807, 2.05) is 0 Å². The molecule has 1 aromatic carbocycles. The fraction of sp³-hybridized carbons (Fsp3) is 0.286. The van der Waals surface area contributed by atoms with Crippen LogP contribution >= 0.6 is 0 Å². The number of halogens is 4. The summed E-state index contributed by atoms with van der Waals surface area (Å²) in [4.78, 5) is 27.0. The molecule has 0 unspecified atom stereocenters. The minimum atomic E-state index is -4.55. The molecule has 6 rings (SSSR count). The van der Waals surface area contributed by atoms with E-state index in [1.165, 1.54) is 6.07 Å². The summed E-state index contributed by atoms with van der Waals surface area (Å²) in [5.74, 6) is -4.57. The molecule has 4 aromatic rings. The molecule has 0 aliphatic carbocycles. The Morgan fingerprint density at radius 3 is 2.72 bits per heavy atom. The number of carbonyl (C=O) groups is 1. The molecule has 0 saturated carbocycles. The standard InChI is InChI=1S/C28H23F4N5O5S/c1-28(31,32)17-10-21-26(34-13-17)37(5-7-41-21)24-3-2-15-12-33-18(11-20(15)36-24)14-35-27(38)16-8-19(29)25-22(9-16)43(39,40)23(30)4-6-42-25/h2-3,8-13,23H,4-7,14H2,1H3,(H,35,38)/t23-/m1/s1. The van der Waals surface area contributed by atoms with E-state index in [-0.39, 0.29) is 36.6 Å². The maximum Gasteiger partial charge on any atom is 0.272 e. The molecule has 224 valence electrons. The molecule has 3 aromatic heterocycles. The molecule has 2 aliphatic heterocycles. The van der Waals surface area contributed by atoms with Gasteiger partial charge in [-0.3, -0.25) is 9.78 Å². The number of hydrogen-bond donors (Lipinski definition) is 1. The number of anilines is 2. The van der Waals surface area contributed by atoms with Gasteiger partial charge in [-0.15, -0.1) is 0 Å². The maximum atomic E-state index is 14.7. The third kappa shape index (κ3) is 5.40. The van der Waals surface area contributed by atoms with Crippen molar-refractivity contribution in [2.75, 3.05) is 24.7 Å². The van der Waals surface area contributed by atoms with Gasteiger partial charge in [0, 0.05) is 42.3 Å². The molecule has 0 spiro atoms. The minimum Gasteiger partial charge on any atom is -0.489 e. The van der Waals surface area contributed by atoms with E-state index in [0.29, 0.717) is 34.8 Å². The second-order valence-corrected chi connectivity index (χ2v) is 12.1. The Bertz CT molecular complexity index is 1870. The first-order valence-electron chi connectivity index (χ1n) is 13.1. The predicted octanol–water partition coefficient (Wildman–Crippen LogP) is 4.59. The number of nitrogens with zero attached hydrogens (tertiary/aromatic N) is 4. The molecule has 1 atom stereocenters. The average molecular weight is 618 g/mol. The molecule has 1 amide bonds. The molecule has 10 nitrogen and oxygen atoms in total. The summed E-state index contributed by atoms with van der Waals surface area (Å²) in [6, 6.07) is 8.10. The van der Waals surface area contributed by atoms with E-state index in [2.05, 4.69) is 20.3 Å². The highest BCUT2D eigenvalue weighted by Crippen LogP contribution is 2.38. The van der Waals surface area contributed by atoms with Crippen LogP contribution in [0.15, 0.2) is 53.7 Å². The van der Waals surface area contributed by atoms with Crippen LogP contribution in [0.4, 0.5) is 29.2 Å². The quantitative estimate of drug-likeness (QED) is 0.321. The summed E-state index contributed by atoms with van der Waals surface area (Å²) in [7, 11) is -4.55. The molecule has 2 aliphatic rings. The topological polar surface area (TPSA) is 124 Å². The number of amides is 1. The van der Waals surface area contributed by atoms with Crippen molar-refractivity contribution in [3.05, 3.63) is 71.4 Å². The summed E-state index contributed by atoms with van der Waals surface area (Å²) in [5.41, 5.74) is -2.00. The molecule has 0 bridgehead atoms. The van der Waals surface area contributed by atoms with E-state index in [4.69, 9.17) is 9.47 Å². The van der Waals surface area contributed by atoms with Crippen LogP contribution in [-0.2, 0) is 22.3 Å². The zero-order valence-electron chi connectivity index (χ0n) is 22.5. The Balaban J connectivity index is 1.23. The van der Waals surface area contributed by atoms with Crippen molar-refractivity contribution in [1.29, 1.82) is 0 Å². The zero-order chi connectivity index (χ0) is 30.5. The van der Waals surface area contributed by atoms with Gasteiger partial charge in [0.25, 0.3) is 11.8 Å². The van der Waals surface area contributed by atoms with Gasteiger partial charge in [-0.05, 0) is 36.4 Å². The second kappa shape index (κ2) is 10.6. The minimum absolute atomic E-state index is 0.121. The zero-order valence-corrected chi connectivity index (χ0v) is 23.3. The first-order chi connectivity index (χ1) is 20.4. The van der Waals surface area contributed by atoms with Crippen LogP contribution in [0.2, 0.25) is 0 Å². The monoisotopic (exact) mass is 617 g/mol. The number of sulfone groups is 1. The first kappa shape index (κ1) is 28.6. The third-order valence-electron chi connectivity index (χ3n) is 7.00. The number of ether oxygens (including phenoxy) is 2. The SMILES string of the molecule is CC(F)(F)c1cnc2c(c1)OCCN2c1ccc2cnc(CNC(=O)c3cc(F)c4c(c3)S(=O)(=O)[C@@H](F)CCO4)cc2n1. The van der Waals surface area contributed by atoms with Gasteiger partial charge >= 0.3 is 0 Å². The van der Waals surface area contributed by atoms with Crippen LogP contribution in [0.1, 0.15) is 35.0 Å². The van der Waals surface area contributed by atoms with Crippen molar-refractivity contribution in [3.63, 3.8) is 0 Å². The fourth-order valence-electron chi connectivity index (χ4n) is 4.73. The highest BCUT2D eigenvalue weighted by molar-refractivity contribution is 7.92. The molecule has 43 heavy (non-hydrogen) atoms. The number of aromatic nitrogens is 3. The summed E-state index contributed by atoms with van der Waals surface area (Å²) in [5, 5.41) is 3.23. The van der Waals surface area contributed by atoms with Crippen molar-refractivity contribution in [2.45, 2.75) is 36.2 Å². The maximum absolute atomic E-state index is 14.7. The van der Waals surface area contributed by atoms with E-state index < -0.39 is 50.1 Å². The lowest BCUT2D eigenvalue weighted by Gasteiger charge is -2.30. The highest BCUT2D eigenvalue weighted by atomic mass is 32.2. The predicted molar refractivity (Wildman–Crippen MR) is 146 cm³/mol. The summed E-state index contributed by atoms with van der Waals surface area (Å²) in [6.45, 7) is 0.929. The van der Waals surface area contributed by atoms with Crippen molar-refractivity contribution in [2.24, 2.45) is 0 Å². The Kier molecular flexibility index (Phi) is 7.07. The molecule has 5 heterocycles. The number of pyridine rings is 3. The normalized spacial score (nSPS) is 17.7. The Morgan fingerprint density at radius 1 is 1.12 bits per heavy atom. The molecule has 0 fully saturated rings. The number of fused-ring (bicyclic) bond motifs is 3. The number of carbonyl (C=O) groups excluding carboxylic acids is 1. The van der Waals surface area contributed by atoms with Gasteiger partial charge in [0.05, 0.1) is 30.9 Å². The molecular formula is C28H23F4N5O5S. The Hall–Kier alpha value is -4.53. The Labute approximate surface area is 242 Å². The van der Waals surface area contributed by atoms with Crippen molar-refractivity contribution in [3.8, 4) is 11.5 Å². The number of benzene rings is 1. The van der Waals surface area contributed by atoms with Crippen molar-refractivity contribution in [1.82, 2.24) is 20.3 Å². The van der Waals surface area contributed by atoms with Crippen LogP contribution in [0.25, 0.3) is 10.9 Å². The van der Waals surface area contributed by atoms with Crippen LogP contribution in [-0.4, -0.2) is 54.5 Å². The van der Waals surface area contributed by atoms with Crippen LogP contribution < -0.4 is 19.7 Å². The second-order valence-electron chi connectivity index (χ2n) is 10.0. The van der Waals surface area contributed by atoms with Gasteiger partial charge in [-0.1, -0.05) is 0 Å². The summed E-state index contributed by atoms with van der Waals surface area (Å²) >= 11 is 0. The van der Waals surface area contributed by atoms with E-state index in [1.54, 1.807) is 29.3 Å². The van der Waals surface area contributed by atoms with Gasteiger partial charge in [-0.2, -0.15) is 0 Å². The van der Waals surface area contributed by atoms with Crippen molar-refractivity contribution < 1.29 is 40.2 Å². The largest absolute Gasteiger partial charge is 0.489 e. The molecule has 1 N–H and O–H groups in total. The van der Waals surface area contributed by atoms with E-state index in [9.17, 15) is 30.8 Å². The summed E-state index contributed by atoms with van der Waals surface area (Å²) in [6.07, 6.45) is 2.18. The number of nitrogens with one attached hydrogen (secondary N) is 1. The lowest BCUT2D eigenvalue weighted by Crippen LogP contribution is -2.30. The van der Waals surface area contributed by atoms with Gasteiger partial charge in [0.15, 0.2) is 23.1 Å². The van der Waals surface area contributed by atoms with E-state index >= 15 is 0 Å². The molecule has 15 heteroatoms. The lowest BCUT2D eigenvalue weighted by atomic mass is 10.1. The Morgan fingerprint density at radius 2 is 1.93 bits per heavy atom. The lowest BCUT2D eigenvalue weighted by molar-refractivity contribution is 0.0168. The van der Waals surface area contributed by atoms with Gasteiger partial charge < -0.3 is 19.7 Å². The van der Waals surface area contributed by atoms with Crippen molar-refractivity contribution >= 4 is 38.3 Å². The number of hydrogen-bond acceptors (Lipinski definition) is 9. The first-order valence-corrected chi connectivity index (χ1v) is 14.6. The smallest absolute Gasteiger partial charge is 0.272 e. The third-order valence-corrected chi connectivity index (χ3v) is 8.82. The fourth-order valence-corrected chi connectivity index (χ4v) is 6.11. The van der Waals surface area contributed by atoms with Crippen LogP contribution in [0.5, 0.6) is 11.5 Å². The number of rotatable bonds is 5. The number of alkyl halides is 3. The molecular weight excluding hydrogens is 594 g/mol.